The molecule has 0 spiro atoms. The second kappa shape index (κ2) is 10.7. The van der Waals surface area contributed by atoms with E-state index in [0.717, 1.165) is 51.1 Å². The molecule has 0 aromatic heterocycles. The van der Waals surface area contributed by atoms with Gasteiger partial charge in [-0.25, -0.2) is 0 Å². The first-order chi connectivity index (χ1) is 15.2. The van der Waals surface area contributed by atoms with Crippen LogP contribution in [0.4, 0.5) is 0 Å². The lowest BCUT2D eigenvalue weighted by Crippen LogP contribution is -2.59. The molecule has 0 bridgehead atoms. The van der Waals surface area contributed by atoms with Crippen LogP contribution in [-0.4, -0.2) is 83.7 Å². The molecule has 2 fully saturated rings. The zero-order valence-electron chi connectivity index (χ0n) is 18.1. The Bertz CT molecular complexity index is 847. The molecule has 0 saturated carbocycles. The highest BCUT2D eigenvalue weighted by Gasteiger charge is 2.34. The van der Waals surface area contributed by atoms with Crippen LogP contribution in [0.1, 0.15) is 17.5 Å². The molecule has 1 amide bonds. The molecular formula is C26H33N3O2. The van der Waals surface area contributed by atoms with E-state index < -0.39 is 6.10 Å². The number of piperazine rings is 1. The number of benzene rings is 2. The van der Waals surface area contributed by atoms with Crippen LogP contribution in [0, 0.1) is 0 Å². The van der Waals surface area contributed by atoms with Gasteiger partial charge in [0.2, 0.25) is 5.91 Å². The average molecular weight is 420 g/mol. The van der Waals surface area contributed by atoms with Gasteiger partial charge in [0.1, 0.15) is 0 Å². The van der Waals surface area contributed by atoms with Crippen molar-refractivity contribution in [2.75, 3.05) is 45.8 Å². The van der Waals surface area contributed by atoms with Gasteiger partial charge in [0, 0.05) is 57.9 Å². The second-order valence-electron chi connectivity index (χ2n) is 8.56. The minimum atomic E-state index is -0.487. The molecule has 5 nitrogen and oxygen atoms in total. The smallest absolute Gasteiger partial charge is 0.246 e. The predicted molar refractivity (Wildman–Crippen MR) is 125 cm³/mol. The number of hydrogen-bond donors (Lipinski definition) is 1. The monoisotopic (exact) mass is 419 g/mol. The van der Waals surface area contributed by atoms with E-state index in [2.05, 4.69) is 40.1 Å². The van der Waals surface area contributed by atoms with Crippen molar-refractivity contribution in [3.63, 3.8) is 0 Å². The van der Waals surface area contributed by atoms with E-state index >= 15 is 0 Å². The lowest BCUT2D eigenvalue weighted by molar-refractivity contribution is -0.131. The Balaban J connectivity index is 1.21. The highest BCUT2D eigenvalue weighted by atomic mass is 16.3. The summed E-state index contributed by atoms with van der Waals surface area (Å²) in [4.78, 5) is 19.3. The number of aliphatic hydroxyl groups excluding tert-OH is 1. The fourth-order valence-electron chi connectivity index (χ4n) is 4.63. The third-order valence-corrected chi connectivity index (χ3v) is 6.51. The van der Waals surface area contributed by atoms with Crippen molar-refractivity contribution in [1.29, 1.82) is 0 Å². The maximum atomic E-state index is 12.5. The molecule has 0 radical (unpaired) electrons. The number of nitrogens with zero attached hydrogens (tertiary/aromatic N) is 3. The molecule has 2 saturated heterocycles. The van der Waals surface area contributed by atoms with Crippen molar-refractivity contribution in [3.05, 3.63) is 77.9 Å². The number of aliphatic hydroxyl groups is 1. The van der Waals surface area contributed by atoms with E-state index in [1.165, 1.54) is 5.56 Å². The van der Waals surface area contributed by atoms with E-state index in [9.17, 15) is 9.90 Å². The Hall–Kier alpha value is -2.47. The van der Waals surface area contributed by atoms with Crippen LogP contribution in [0.15, 0.2) is 66.7 Å². The molecule has 2 atom stereocenters. The molecule has 2 aromatic rings. The van der Waals surface area contributed by atoms with Crippen molar-refractivity contribution < 1.29 is 9.90 Å². The Morgan fingerprint density at radius 1 is 0.935 bits per heavy atom. The van der Waals surface area contributed by atoms with Gasteiger partial charge in [-0.05, 0) is 30.0 Å². The molecule has 2 aliphatic heterocycles. The van der Waals surface area contributed by atoms with Crippen molar-refractivity contribution >= 4 is 12.0 Å². The number of piperidine rings is 1. The second-order valence-corrected chi connectivity index (χ2v) is 8.56. The fourth-order valence-corrected chi connectivity index (χ4v) is 4.63. The minimum absolute atomic E-state index is 0.0212. The third-order valence-electron chi connectivity index (χ3n) is 6.51. The summed E-state index contributed by atoms with van der Waals surface area (Å²) in [5.41, 5.74) is 2.40. The number of rotatable bonds is 6. The van der Waals surface area contributed by atoms with E-state index in [1.54, 1.807) is 11.0 Å². The number of β-amino-alcohol motifs (C(OH)–C–C–N with tert-alkyl or cyclic N) is 1. The maximum Gasteiger partial charge on any atom is 0.246 e. The quantitative estimate of drug-likeness (QED) is 0.731. The molecule has 0 unspecified atom stereocenters. The number of amides is 1. The molecule has 2 aromatic carbocycles. The zero-order valence-corrected chi connectivity index (χ0v) is 18.1. The first-order valence-corrected chi connectivity index (χ1v) is 11.4. The van der Waals surface area contributed by atoms with Gasteiger partial charge in [0.05, 0.1) is 6.10 Å². The molecule has 0 aliphatic carbocycles. The van der Waals surface area contributed by atoms with Crippen LogP contribution in [-0.2, 0) is 11.2 Å². The van der Waals surface area contributed by atoms with Crippen LogP contribution in [0.5, 0.6) is 0 Å². The van der Waals surface area contributed by atoms with Gasteiger partial charge < -0.3 is 14.9 Å². The van der Waals surface area contributed by atoms with Gasteiger partial charge in [0.25, 0.3) is 0 Å². The third kappa shape index (κ3) is 6.03. The number of carbonyl (C=O) groups excluding carboxylic acids is 1. The molecule has 31 heavy (non-hydrogen) atoms. The van der Waals surface area contributed by atoms with E-state index in [4.69, 9.17) is 0 Å². The fraction of sp³-hybridized carbons (Fsp3) is 0.423. The van der Waals surface area contributed by atoms with Gasteiger partial charge >= 0.3 is 0 Å². The molecule has 4 rings (SSSR count). The molecule has 1 N–H and O–H groups in total. The summed E-state index contributed by atoms with van der Waals surface area (Å²) in [5, 5.41) is 10.8. The van der Waals surface area contributed by atoms with Crippen LogP contribution in [0.3, 0.4) is 0 Å². The van der Waals surface area contributed by atoms with Gasteiger partial charge in [-0.3, -0.25) is 9.69 Å². The van der Waals surface area contributed by atoms with Crippen molar-refractivity contribution in [2.45, 2.75) is 25.0 Å². The van der Waals surface area contributed by atoms with E-state index in [1.807, 2.05) is 36.4 Å². The van der Waals surface area contributed by atoms with Crippen molar-refractivity contribution in [1.82, 2.24) is 14.7 Å². The van der Waals surface area contributed by atoms with Crippen molar-refractivity contribution in [2.24, 2.45) is 0 Å². The summed E-state index contributed by atoms with van der Waals surface area (Å²) in [6, 6.07) is 20.6. The summed E-state index contributed by atoms with van der Waals surface area (Å²) >= 11 is 0. The van der Waals surface area contributed by atoms with Gasteiger partial charge in [-0.15, -0.1) is 0 Å². The summed E-state index contributed by atoms with van der Waals surface area (Å²) in [6.07, 6.45) is 4.89. The Morgan fingerprint density at radius 2 is 1.61 bits per heavy atom. The maximum absolute atomic E-state index is 12.5. The average Bonchev–Trinajstić information content (AvgIpc) is 2.83. The van der Waals surface area contributed by atoms with Crippen molar-refractivity contribution in [3.8, 4) is 0 Å². The minimum Gasteiger partial charge on any atom is -0.390 e. The number of likely N-dealkylation sites (tertiary alicyclic amines) is 1. The van der Waals surface area contributed by atoms with E-state index in [-0.39, 0.29) is 11.9 Å². The zero-order chi connectivity index (χ0) is 21.5. The van der Waals surface area contributed by atoms with E-state index in [0.29, 0.717) is 13.1 Å². The molecule has 2 heterocycles. The first-order valence-electron chi connectivity index (χ1n) is 11.4. The Morgan fingerprint density at radius 3 is 2.29 bits per heavy atom. The summed E-state index contributed by atoms with van der Waals surface area (Å²) in [5.74, 6) is -0.0212. The summed E-state index contributed by atoms with van der Waals surface area (Å²) in [7, 11) is 0. The molecule has 2 aliphatic rings. The standard InChI is InChI=1S/C26H33N3O2/c30-25-21-29(26(31)12-11-22-7-3-1-4-8-22)16-14-24(25)28-19-17-27(18-20-28)15-13-23-9-5-2-6-10-23/h1-12,24-25,30H,13-21H2/t24-,25-/m1/s1. The number of carbonyl (C=O) groups is 1. The Kier molecular flexibility index (Phi) is 7.52. The summed E-state index contributed by atoms with van der Waals surface area (Å²) < 4.78 is 0. The lowest BCUT2D eigenvalue weighted by atomic mass is 9.99. The van der Waals surface area contributed by atoms with Crippen LogP contribution < -0.4 is 0 Å². The molecular weight excluding hydrogens is 386 g/mol. The van der Waals surface area contributed by atoms with Crippen LogP contribution in [0.2, 0.25) is 0 Å². The van der Waals surface area contributed by atoms with Crippen LogP contribution in [0.25, 0.3) is 6.08 Å². The SMILES string of the molecule is O=C(C=Cc1ccccc1)N1CC[C@@H](N2CCN(CCc3ccccc3)CC2)[C@H](O)C1. The molecule has 164 valence electrons. The number of hydrogen-bond acceptors (Lipinski definition) is 4. The lowest BCUT2D eigenvalue weighted by Gasteiger charge is -2.45. The highest BCUT2D eigenvalue weighted by molar-refractivity contribution is 5.91. The largest absolute Gasteiger partial charge is 0.390 e. The Labute approximate surface area is 185 Å². The topological polar surface area (TPSA) is 47.0 Å². The van der Waals surface area contributed by atoms with Gasteiger partial charge in [-0.2, -0.15) is 0 Å². The van der Waals surface area contributed by atoms with Gasteiger partial charge in [-0.1, -0.05) is 60.7 Å². The molecule has 5 heteroatoms. The summed E-state index contributed by atoms with van der Waals surface area (Å²) in [6.45, 7) is 6.25. The highest BCUT2D eigenvalue weighted by Crippen LogP contribution is 2.20. The van der Waals surface area contributed by atoms with Gasteiger partial charge in [0.15, 0.2) is 0 Å². The normalized spacial score (nSPS) is 23.3. The van der Waals surface area contributed by atoms with Crippen LogP contribution >= 0.6 is 0 Å². The predicted octanol–water partition coefficient (Wildman–Crippen LogP) is 2.52. The first kappa shape index (κ1) is 21.8.